The van der Waals surface area contributed by atoms with E-state index in [0.29, 0.717) is 11.7 Å². The van der Waals surface area contributed by atoms with Crippen LogP contribution in [0.4, 0.5) is 0 Å². The molecule has 3 heteroatoms. The zero-order valence-electron chi connectivity index (χ0n) is 10.9. The minimum Gasteiger partial charge on any atom is -0.383 e. The number of carbonyl (C=O) groups is 1. The molecule has 0 saturated heterocycles. The zero-order valence-corrected chi connectivity index (χ0v) is 10.9. The summed E-state index contributed by atoms with van der Waals surface area (Å²) in [5, 5.41) is 0. The number of rotatable bonds is 6. The molecule has 1 unspecified atom stereocenters. The standard InChI is InChI=1S/C13H25NO2/c1-11(2)10-14(8-9-16-3)12-6-4-5-7-13(12)15/h11-12H,4-10H2,1-3H3. The minimum absolute atomic E-state index is 0.159. The van der Waals surface area contributed by atoms with Crippen LogP contribution in [0, 0.1) is 5.92 Å². The fraction of sp³-hybridized carbons (Fsp3) is 0.923. The molecular weight excluding hydrogens is 202 g/mol. The highest BCUT2D eigenvalue weighted by Crippen LogP contribution is 2.20. The van der Waals surface area contributed by atoms with E-state index in [9.17, 15) is 4.79 Å². The number of ether oxygens (including phenoxy) is 1. The van der Waals surface area contributed by atoms with Gasteiger partial charge in [0.1, 0.15) is 5.78 Å². The summed E-state index contributed by atoms with van der Waals surface area (Å²) in [7, 11) is 1.72. The van der Waals surface area contributed by atoms with Gasteiger partial charge in [0.25, 0.3) is 0 Å². The van der Waals surface area contributed by atoms with Crippen LogP contribution in [0.3, 0.4) is 0 Å². The van der Waals surface area contributed by atoms with Crippen molar-refractivity contribution in [3.63, 3.8) is 0 Å². The molecule has 0 heterocycles. The second-order valence-electron chi connectivity index (χ2n) is 5.11. The summed E-state index contributed by atoms with van der Waals surface area (Å²) in [4.78, 5) is 14.2. The Bertz CT molecular complexity index is 216. The van der Waals surface area contributed by atoms with Gasteiger partial charge in [-0.2, -0.15) is 0 Å². The number of hydrogen-bond donors (Lipinski definition) is 0. The number of methoxy groups -OCH3 is 1. The van der Waals surface area contributed by atoms with Gasteiger partial charge >= 0.3 is 0 Å². The average Bonchev–Trinajstić information content (AvgIpc) is 2.24. The Morgan fingerprint density at radius 2 is 2.19 bits per heavy atom. The Hall–Kier alpha value is -0.410. The van der Waals surface area contributed by atoms with Gasteiger partial charge in [-0.15, -0.1) is 0 Å². The molecule has 0 aromatic carbocycles. The Labute approximate surface area is 99.1 Å². The zero-order chi connectivity index (χ0) is 12.0. The smallest absolute Gasteiger partial charge is 0.149 e. The summed E-state index contributed by atoms with van der Waals surface area (Å²) >= 11 is 0. The quantitative estimate of drug-likeness (QED) is 0.696. The third kappa shape index (κ3) is 4.22. The fourth-order valence-corrected chi connectivity index (χ4v) is 2.40. The summed E-state index contributed by atoms with van der Waals surface area (Å²) in [5.74, 6) is 1.04. The molecule has 0 amide bonds. The van der Waals surface area contributed by atoms with Crippen molar-refractivity contribution < 1.29 is 9.53 Å². The maximum Gasteiger partial charge on any atom is 0.149 e. The maximum atomic E-state index is 11.9. The minimum atomic E-state index is 0.159. The van der Waals surface area contributed by atoms with Gasteiger partial charge in [0.15, 0.2) is 0 Å². The molecule has 1 aliphatic rings. The Kier molecular flexibility index (Phi) is 5.99. The van der Waals surface area contributed by atoms with Gasteiger partial charge in [0, 0.05) is 26.6 Å². The SMILES string of the molecule is COCCN(CC(C)C)C1CCCCC1=O. The van der Waals surface area contributed by atoms with Gasteiger partial charge in [0.05, 0.1) is 12.6 Å². The topological polar surface area (TPSA) is 29.5 Å². The van der Waals surface area contributed by atoms with E-state index in [2.05, 4.69) is 18.7 Å². The molecule has 1 aliphatic carbocycles. The lowest BCUT2D eigenvalue weighted by Crippen LogP contribution is -2.46. The molecule has 0 aromatic heterocycles. The van der Waals surface area contributed by atoms with E-state index in [4.69, 9.17) is 4.74 Å². The molecule has 1 rings (SSSR count). The highest BCUT2D eigenvalue weighted by Gasteiger charge is 2.28. The third-order valence-electron chi connectivity index (χ3n) is 3.15. The lowest BCUT2D eigenvalue weighted by molar-refractivity contribution is -0.126. The highest BCUT2D eigenvalue weighted by atomic mass is 16.5. The van der Waals surface area contributed by atoms with Crippen LogP contribution in [0.25, 0.3) is 0 Å². The molecule has 1 atom stereocenters. The van der Waals surface area contributed by atoms with Gasteiger partial charge in [-0.1, -0.05) is 20.3 Å². The molecule has 0 spiro atoms. The summed E-state index contributed by atoms with van der Waals surface area (Å²) in [6.45, 7) is 7.00. The largest absolute Gasteiger partial charge is 0.383 e. The predicted molar refractivity (Wildman–Crippen MR) is 65.6 cm³/mol. The van der Waals surface area contributed by atoms with Crippen LogP contribution in [0.15, 0.2) is 0 Å². The van der Waals surface area contributed by atoms with Crippen molar-refractivity contribution in [1.29, 1.82) is 0 Å². The van der Waals surface area contributed by atoms with Gasteiger partial charge in [0.2, 0.25) is 0 Å². The van der Waals surface area contributed by atoms with Gasteiger partial charge in [-0.05, 0) is 18.8 Å². The lowest BCUT2D eigenvalue weighted by Gasteiger charge is -2.34. The van der Waals surface area contributed by atoms with Crippen LogP contribution in [0.2, 0.25) is 0 Å². The monoisotopic (exact) mass is 227 g/mol. The molecule has 0 aromatic rings. The van der Waals surface area contributed by atoms with E-state index in [1.165, 1.54) is 6.42 Å². The molecule has 0 bridgehead atoms. The first-order valence-electron chi connectivity index (χ1n) is 6.41. The van der Waals surface area contributed by atoms with Crippen LogP contribution < -0.4 is 0 Å². The number of carbonyl (C=O) groups excluding carboxylic acids is 1. The van der Waals surface area contributed by atoms with Crippen LogP contribution in [0.5, 0.6) is 0 Å². The third-order valence-corrected chi connectivity index (χ3v) is 3.15. The number of nitrogens with zero attached hydrogens (tertiary/aromatic N) is 1. The van der Waals surface area contributed by atoms with Crippen molar-refractivity contribution in [2.45, 2.75) is 45.6 Å². The van der Waals surface area contributed by atoms with E-state index in [-0.39, 0.29) is 6.04 Å². The molecule has 94 valence electrons. The summed E-state index contributed by atoms with van der Waals surface area (Å²) in [6.07, 6.45) is 4.08. The van der Waals surface area contributed by atoms with E-state index < -0.39 is 0 Å². The van der Waals surface area contributed by atoms with E-state index in [1.54, 1.807) is 7.11 Å². The number of ketones is 1. The lowest BCUT2D eigenvalue weighted by atomic mass is 9.92. The Morgan fingerprint density at radius 1 is 1.44 bits per heavy atom. The number of Topliss-reactive ketones (excluding diaryl/α,β-unsaturated/α-hetero) is 1. The van der Waals surface area contributed by atoms with E-state index in [0.717, 1.165) is 39.0 Å². The summed E-state index contributed by atoms with van der Waals surface area (Å²) in [5.41, 5.74) is 0. The predicted octanol–water partition coefficient (Wildman–Crippen LogP) is 2.10. The molecule has 0 aliphatic heterocycles. The van der Waals surface area contributed by atoms with E-state index >= 15 is 0 Å². The van der Waals surface area contributed by atoms with Crippen molar-refractivity contribution in [2.24, 2.45) is 5.92 Å². The molecular formula is C13H25NO2. The second kappa shape index (κ2) is 7.02. The molecule has 3 nitrogen and oxygen atoms in total. The van der Waals surface area contributed by atoms with Crippen molar-refractivity contribution in [3.05, 3.63) is 0 Å². The van der Waals surface area contributed by atoms with Crippen molar-refractivity contribution >= 4 is 5.78 Å². The van der Waals surface area contributed by atoms with Crippen LogP contribution in [-0.4, -0.2) is 43.5 Å². The second-order valence-corrected chi connectivity index (χ2v) is 5.11. The van der Waals surface area contributed by atoms with Crippen molar-refractivity contribution in [3.8, 4) is 0 Å². The van der Waals surface area contributed by atoms with Gasteiger partial charge < -0.3 is 4.74 Å². The number of hydrogen-bond acceptors (Lipinski definition) is 3. The first-order valence-corrected chi connectivity index (χ1v) is 6.41. The Balaban J connectivity index is 2.54. The normalized spacial score (nSPS) is 22.1. The van der Waals surface area contributed by atoms with Crippen molar-refractivity contribution in [2.75, 3.05) is 26.8 Å². The fourth-order valence-electron chi connectivity index (χ4n) is 2.40. The average molecular weight is 227 g/mol. The highest BCUT2D eigenvalue weighted by molar-refractivity contribution is 5.84. The molecule has 1 saturated carbocycles. The van der Waals surface area contributed by atoms with Gasteiger partial charge in [-0.3, -0.25) is 9.69 Å². The first kappa shape index (κ1) is 13.7. The molecule has 1 fully saturated rings. The Morgan fingerprint density at radius 3 is 2.75 bits per heavy atom. The van der Waals surface area contributed by atoms with Crippen molar-refractivity contribution in [1.82, 2.24) is 4.90 Å². The van der Waals surface area contributed by atoms with Gasteiger partial charge in [-0.25, -0.2) is 0 Å². The first-order chi connectivity index (χ1) is 7.65. The summed E-state index contributed by atoms with van der Waals surface area (Å²) in [6, 6.07) is 0.159. The molecule has 0 radical (unpaired) electrons. The van der Waals surface area contributed by atoms with Crippen LogP contribution >= 0.6 is 0 Å². The van der Waals surface area contributed by atoms with Crippen LogP contribution in [0.1, 0.15) is 39.5 Å². The molecule has 16 heavy (non-hydrogen) atoms. The summed E-state index contributed by atoms with van der Waals surface area (Å²) < 4.78 is 5.13. The maximum absolute atomic E-state index is 11.9. The molecule has 0 N–H and O–H groups in total. The van der Waals surface area contributed by atoms with E-state index in [1.807, 2.05) is 0 Å². The van der Waals surface area contributed by atoms with Crippen LogP contribution in [-0.2, 0) is 9.53 Å².